The number of hydrogen-bond acceptors (Lipinski definition) is 4. The summed E-state index contributed by atoms with van der Waals surface area (Å²) in [6, 6.07) is 9.89. The fourth-order valence-electron chi connectivity index (χ4n) is 5.18. The maximum Gasteiger partial charge on any atom is 0.270 e. The van der Waals surface area contributed by atoms with E-state index in [2.05, 4.69) is 27.0 Å². The van der Waals surface area contributed by atoms with Crippen LogP contribution in [-0.4, -0.2) is 90.4 Å². The van der Waals surface area contributed by atoms with Crippen molar-refractivity contribution in [2.75, 3.05) is 58.9 Å². The maximum absolute atomic E-state index is 12.9. The Hall–Kier alpha value is -2.38. The Kier molecular flexibility index (Phi) is 8.04. The van der Waals surface area contributed by atoms with E-state index in [9.17, 15) is 9.59 Å². The number of piperidine rings is 1. The molecule has 2 amide bonds. The van der Waals surface area contributed by atoms with Crippen LogP contribution in [0.15, 0.2) is 30.3 Å². The minimum atomic E-state index is -0.0107. The van der Waals surface area contributed by atoms with Gasteiger partial charge in [-0.15, -0.1) is 0 Å². The summed E-state index contributed by atoms with van der Waals surface area (Å²) in [6.45, 7) is 13.2. The smallest absolute Gasteiger partial charge is 0.270 e. The number of nitrogens with zero attached hydrogens (tertiary/aromatic N) is 3. The third kappa shape index (κ3) is 5.95. The number of para-hydroxylation sites is 1. The molecule has 0 saturated carbocycles. The van der Waals surface area contributed by atoms with E-state index in [1.807, 2.05) is 42.2 Å². The number of nitrogens with one attached hydrogen (secondary N) is 2. The van der Waals surface area contributed by atoms with Gasteiger partial charge < -0.3 is 25.0 Å². The van der Waals surface area contributed by atoms with Crippen molar-refractivity contribution in [3.05, 3.63) is 36.0 Å². The summed E-state index contributed by atoms with van der Waals surface area (Å²) < 4.78 is 0. The fraction of sp³-hybridized carbons (Fsp3) is 0.615. The minimum Gasteiger partial charge on any atom is -0.356 e. The summed E-state index contributed by atoms with van der Waals surface area (Å²) in [5, 5.41) is 4.21. The highest BCUT2D eigenvalue weighted by molar-refractivity contribution is 5.98. The van der Waals surface area contributed by atoms with Crippen LogP contribution in [-0.2, 0) is 4.79 Å². The molecule has 2 saturated heterocycles. The van der Waals surface area contributed by atoms with Gasteiger partial charge in [0.25, 0.3) is 5.91 Å². The van der Waals surface area contributed by atoms with E-state index in [4.69, 9.17) is 0 Å². The van der Waals surface area contributed by atoms with Crippen molar-refractivity contribution in [1.82, 2.24) is 25.0 Å². The van der Waals surface area contributed by atoms with Crippen molar-refractivity contribution in [1.29, 1.82) is 0 Å². The second-order valence-electron chi connectivity index (χ2n) is 9.61. The first-order chi connectivity index (χ1) is 16.0. The van der Waals surface area contributed by atoms with Gasteiger partial charge in [-0.05, 0) is 50.4 Å². The molecule has 7 heteroatoms. The molecule has 33 heavy (non-hydrogen) atoms. The number of hydrogen-bond donors (Lipinski definition) is 2. The molecule has 0 bridgehead atoms. The molecular formula is C26H39N5O2. The molecule has 2 fully saturated rings. The minimum absolute atomic E-state index is 0.0107. The molecule has 7 nitrogen and oxygen atoms in total. The lowest BCUT2D eigenvalue weighted by atomic mass is 9.84. The summed E-state index contributed by atoms with van der Waals surface area (Å²) in [6.07, 6.45) is 2.76. The summed E-state index contributed by atoms with van der Waals surface area (Å²) in [7, 11) is 0. The number of likely N-dealkylation sites (tertiary alicyclic amines) is 1. The highest BCUT2D eigenvalue weighted by Gasteiger charge is 2.30. The molecule has 2 N–H and O–H groups in total. The van der Waals surface area contributed by atoms with Crippen LogP contribution >= 0.6 is 0 Å². The van der Waals surface area contributed by atoms with Crippen LogP contribution in [0.5, 0.6) is 0 Å². The van der Waals surface area contributed by atoms with Gasteiger partial charge in [0.2, 0.25) is 5.91 Å². The largest absolute Gasteiger partial charge is 0.356 e. The zero-order chi connectivity index (χ0) is 23.2. The fourth-order valence-corrected chi connectivity index (χ4v) is 5.18. The van der Waals surface area contributed by atoms with E-state index >= 15 is 0 Å². The number of fused-ring (bicyclic) bond motifs is 1. The number of carbonyl (C=O) groups excluding carboxylic acids is 2. The van der Waals surface area contributed by atoms with Gasteiger partial charge in [0, 0.05) is 62.6 Å². The topological polar surface area (TPSA) is 71.7 Å². The average molecular weight is 454 g/mol. The summed E-state index contributed by atoms with van der Waals surface area (Å²) >= 11 is 0. The van der Waals surface area contributed by atoms with Crippen LogP contribution in [0.4, 0.5) is 0 Å². The number of aromatic amines is 1. The predicted octanol–water partition coefficient (Wildman–Crippen LogP) is 2.80. The first-order valence-electron chi connectivity index (χ1n) is 12.6. The van der Waals surface area contributed by atoms with E-state index < -0.39 is 0 Å². The van der Waals surface area contributed by atoms with Crippen LogP contribution < -0.4 is 5.32 Å². The van der Waals surface area contributed by atoms with Gasteiger partial charge in [0.1, 0.15) is 5.69 Å². The van der Waals surface area contributed by atoms with Crippen LogP contribution in [0.25, 0.3) is 10.9 Å². The Labute approximate surface area is 197 Å². The standard InChI is InChI=1S/C26H39N5O2/c1-3-29-15-17-30(18-16-29)12-6-11-27-25(32)20(2)21-9-13-31(14-10-21)26(33)24-19-22-7-4-5-8-23(22)28-24/h4-5,7-8,19-21,28H,3,6,9-18H2,1-2H3,(H,27,32)/t20-/m1/s1. The van der Waals surface area contributed by atoms with Crippen molar-refractivity contribution in [3.63, 3.8) is 0 Å². The van der Waals surface area contributed by atoms with E-state index in [0.717, 1.165) is 76.0 Å². The normalized spacial score (nSPS) is 19.6. The molecule has 1 atom stereocenters. The zero-order valence-electron chi connectivity index (χ0n) is 20.2. The molecule has 1 aromatic carbocycles. The number of amides is 2. The molecule has 3 heterocycles. The summed E-state index contributed by atoms with van der Waals surface area (Å²) in [5.74, 6) is 0.537. The lowest BCUT2D eigenvalue weighted by Crippen LogP contribution is -2.47. The molecule has 0 aliphatic carbocycles. The first-order valence-corrected chi connectivity index (χ1v) is 12.6. The zero-order valence-corrected chi connectivity index (χ0v) is 20.2. The molecule has 180 valence electrons. The number of rotatable bonds is 8. The number of H-pyrrole nitrogens is 1. The van der Waals surface area contributed by atoms with Crippen LogP contribution in [0, 0.1) is 11.8 Å². The Morgan fingerprint density at radius 1 is 1.06 bits per heavy atom. The molecule has 2 aliphatic rings. The van der Waals surface area contributed by atoms with Crippen molar-refractivity contribution < 1.29 is 9.59 Å². The van der Waals surface area contributed by atoms with E-state index in [1.54, 1.807) is 0 Å². The van der Waals surface area contributed by atoms with Crippen LogP contribution in [0.2, 0.25) is 0 Å². The third-order valence-corrected chi connectivity index (χ3v) is 7.57. The molecule has 0 radical (unpaired) electrons. The average Bonchev–Trinajstić information content (AvgIpc) is 3.30. The molecule has 2 aliphatic heterocycles. The molecule has 2 aromatic rings. The molecule has 0 unspecified atom stereocenters. The third-order valence-electron chi connectivity index (χ3n) is 7.57. The number of carbonyl (C=O) groups is 2. The second-order valence-corrected chi connectivity index (χ2v) is 9.61. The quantitative estimate of drug-likeness (QED) is 0.603. The Morgan fingerprint density at radius 2 is 1.76 bits per heavy atom. The summed E-state index contributed by atoms with van der Waals surface area (Å²) in [4.78, 5) is 35.8. The van der Waals surface area contributed by atoms with Crippen molar-refractivity contribution >= 4 is 22.7 Å². The van der Waals surface area contributed by atoms with Crippen molar-refractivity contribution in [3.8, 4) is 0 Å². The molecule has 4 rings (SSSR count). The molecule has 0 spiro atoms. The van der Waals surface area contributed by atoms with Crippen molar-refractivity contribution in [2.24, 2.45) is 11.8 Å². The predicted molar refractivity (Wildman–Crippen MR) is 132 cm³/mol. The van der Waals surface area contributed by atoms with Gasteiger partial charge in [0.05, 0.1) is 0 Å². The first kappa shape index (κ1) is 23.8. The highest BCUT2D eigenvalue weighted by Crippen LogP contribution is 2.26. The van der Waals surface area contributed by atoms with Gasteiger partial charge in [-0.2, -0.15) is 0 Å². The van der Waals surface area contributed by atoms with Gasteiger partial charge >= 0.3 is 0 Å². The van der Waals surface area contributed by atoms with Gasteiger partial charge in [-0.25, -0.2) is 0 Å². The van der Waals surface area contributed by atoms with Crippen LogP contribution in [0.3, 0.4) is 0 Å². The molecular weight excluding hydrogens is 414 g/mol. The maximum atomic E-state index is 12.9. The van der Waals surface area contributed by atoms with E-state index in [1.165, 1.54) is 0 Å². The monoisotopic (exact) mass is 453 g/mol. The summed E-state index contributed by atoms with van der Waals surface area (Å²) in [5.41, 5.74) is 1.64. The van der Waals surface area contributed by atoms with Crippen molar-refractivity contribution in [2.45, 2.75) is 33.1 Å². The second kappa shape index (κ2) is 11.2. The van der Waals surface area contributed by atoms with E-state index in [-0.39, 0.29) is 17.7 Å². The SMILES string of the molecule is CCN1CCN(CCCNC(=O)[C@H](C)C2CCN(C(=O)c3cc4ccccc4[nH]3)CC2)CC1. The number of aromatic nitrogens is 1. The Morgan fingerprint density at radius 3 is 2.45 bits per heavy atom. The number of piperazine rings is 1. The molecule has 1 aromatic heterocycles. The number of likely N-dealkylation sites (N-methyl/N-ethyl adjacent to an activating group) is 1. The Bertz CT molecular complexity index is 893. The highest BCUT2D eigenvalue weighted by atomic mass is 16.2. The lowest BCUT2D eigenvalue weighted by molar-refractivity contribution is -0.126. The Balaban J connectivity index is 1.16. The van der Waals surface area contributed by atoms with Gasteiger partial charge in [-0.1, -0.05) is 32.0 Å². The lowest BCUT2D eigenvalue weighted by Gasteiger charge is -2.34. The van der Waals surface area contributed by atoms with Gasteiger partial charge in [-0.3, -0.25) is 9.59 Å². The number of benzene rings is 1. The van der Waals surface area contributed by atoms with Gasteiger partial charge in [0.15, 0.2) is 0 Å². The van der Waals surface area contributed by atoms with Crippen LogP contribution in [0.1, 0.15) is 43.6 Å². The van der Waals surface area contributed by atoms with E-state index in [0.29, 0.717) is 24.7 Å².